The van der Waals surface area contributed by atoms with E-state index in [-0.39, 0.29) is 5.92 Å². The Kier molecular flexibility index (Phi) is 11.3. The molecule has 190 valence electrons. The maximum absolute atomic E-state index is 12.8. The molecule has 2 amide bonds. The Labute approximate surface area is 217 Å². The molecule has 2 aromatic rings. The molecule has 0 aliphatic carbocycles. The van der Waals surface area contributed by atoms with E-state index in [4.69, 9.17) is 27.9 Å². The normalized spacial score (nSPS) is 12.9. The molecule has 0 fully saturated rings. The van der Waals surface area contributed by atoms with Gasteiger partial charge in [0.25, 0.3) is 11.8 Å². The number of carbonyl (C=O) groups excluding carboxylic acids is 2. The van der Waals surface area contributed by atoms with Crippen LogP contribution in [-0.4, -0.2) is 43.3 Å². The monoisotopic (exact) mass is 520 g/mol. The Morgan fingerprint density at radius 1 is 1.03 bits per heavy atom. The summed E-state index contributed by atoms with van der Waals surface area (Å²) in [5, 5.41) is 7.59. The highest BCUT2D eigenvalue weighted by Gasteiger charge is 2.25. The second-order valence-corrected chi connectivity index (χ2v) is 9.37. The molecule has 0 unspecified atom stereocenters. The Balaban J connectivity index is 1.98. The molecule has 0 radical (unpaired) electrons. The third-order valence-corrected chi connectivity index (χ3v) is 5.85. The zero-order valence-corrected chi connectivity index (χ0v) is 22.4. The average Bonchev–Trinajstić information content (AvgIpc) is 2.81. The van der Waals surface area contributed by atoms with E-state index in [2.05, 4.69) is 34.6 Å². The highest BCUT2D eigenvalue weighted by molar-refractivity contribution is 6.35. The van der Waals surface area contributed by atoms with Gasteiger partial charge in [0, 0.05) is 23.8 Å². The van der Waals surface area contributed by atoms with E-state index < -0.39 is 24.0 Å². The van der Waals surface area contributed by atoms with Crippen LogP contribution < -0.4 is 20.4 Å². The summed E-state index contributed by atoms with van der Waals surface area (Å²) in [5.74, 6) is -0.336. The molecule has 2 N–H and O–H groups in total. The van der Waals surface area contributed by atoms with Crippen LogP contribution in [0.1, 0.15) is 46.6 Å². The van der Waals surface area contributed by atoms with Crippen molar-refractivity contribution in [1.82, 2.24) is 10.7 Å². The summed E-state index contributed by atoms with van der Waals surface area (Å²) in [6.45, 7) is 11.6. The quantitative estimate of drug-likeness (QED) is 0.294. The third kappa shape index (κ3) is 9.07. The Hall–Kier alpha value is -2.77. The molecule has 0 aromatic heterocycles. The van der Waals surface area contributed by atoms with Crippen LogP contribution in [0.4, 0.5) is 5.69 Å². The standard InChI is InChI=1S/C26H34Cl2N4O3/c1-6-32(7-2)21-11-8-19(9-12-21)16-29-31-26(34)23(14-17(3)4)30-25(33)18(5)35-24-13-10-20(27)15-22(24)28/h8-13,15-18,23H,6-7,14H2,1-5H3,(H,30,33)(H,31,34)/b29-16-/t18-,23-/m0/s1. The van der Waals surface area contributed by atoms with E-state index in [1.165, 1.54) is 6.07 Å². The van der Waals surface area contributed by atoms with Gasteiger partial charge in [0.15, 0.2) is 6.10 Å². The van der Waals surface area contributed by atoms with Gasteiger partial charge >= 0.3 is 0 Å². The van der Waals surface area contributed by atoms with Crippen molar-refractivity contribution in [3.63, 3.8) is 0 Å². The first-order chi connectivity index (χ1) is 16.6. The summed E-state index contributed by atoms with van der Waals surface area (Å²) >= 11 is 12.0. The lowest BCUT2D eigenvalue weighted by Gasteiger charge is -2.22. The highest BCUT2D eigenvalue weighted by Crippen LogP contribution is 2.28. The number of benzene rings is 2. The molecule has 0 spiro atoms. The molecule has 9 heteroatoms. The first kappa shape index (κ1) is 28.5. The number of carbonyl (C=O) groups is 2. The molecule has 2 aromatic carbocycles. The van der Waals surface area contributed by atoms with E-state index in [1.54, 1.807) is 25.3 Å². The first-order valence-electron chi connectivity index (χ1n) is 11.7. The SMILES string of the molecule is CCN(CC)c1ccc(/C=N\NC(=O)[C@H](CC(C)C)NC(=O)[C@H](C)Oc2ccc(Cl)cc2Cl)cc1. The number of rotatable bonds is 12. The van der Waals surface area contributed by atoms with Crippen molar-refractivity contribution in [2.24, 2.45) is 11.0 Å². The molecular formula is C26H34Cl2N4O3. The molecule has 0 saturated carbocycles. The highest BCUT2D eigenvalue weighted by atomic mass is 35.5. The van der Waals surface area contributed by atoms with Gasteiger partial charge in [0.2, 0.25) is 0 Å². The van der Waals surface area contributed by atoms with Crippen LogP contribution in [0.25, 0.3) is 0 Å². The molecule has 0 bridgehead atoms. The second-order valence-electron chi connectivity index (χ2n) is 8.52. The van der Waals surface area contributed by atoms with E-state index in [1.807, 2.05) is 38.1 Å². The maximum atomic E-state index is 12.8. The third-order valence-electron chi connectivity index (χ3n) is 5.32. The number of halogens is 2. The zero-order chi connectivity index (χ0) is 26.0. The predicted octanol–water partition coefficient (Wildman–Crippen LogP) is 5.29. The number of hydrogen-bond acceptors (Lipinski definition) is 5. The van der Waals surface area contributed by atoms with Crippen molar-refractivity contribution in [2.45, 2.75) is 53.2 Å². The minimum absolute atomic E-state index is 0.171. The second kappa shape index (κ2) is 14.0. The average molecular weight is 521 g/mol. The van der Waals surface area contributed by atoms with Gasteiger partial charge in [0.05, 0.1) is 11.2 Å². The fraction of sp³-hybridized carbons (Fsp3) is 0.423. The van der Waals surface area contributed by atoms with Crippen LogP contribution in [0.15, 0.2) is 47.6 Å². The lowest BCUT2D eigenvalue weighted by molar-refractivity contribution is -0.132. The molecule has 0 aliphatic heterocycles. The number of hydrazone groups is 1. The van der Waals surface area contributed by atoms with Crippen molar-refractivity contribution in [2.75, 3.05) is 18.0 Å². The van der Waals surface area contributed by atoms with Crippen LogP contribution >= 0.6 is 23.2 Å². The van der Waals surface area contributed by atoms with Gasteiger partial charge in [-0.1, -0.05) is 49.2 Å². The lowest BCUT2D eigenvalue weighted by Crippen LogP contribution is -2.49. The topological polar surface area (TPSA) is 83.0 Å². The van der Waals surface area contributed by atoms with Crippen molar-refractivity contribution in [3.8, 4) is 5.75 Å². The van der Waals surface area contributed by atoms with Gasteiger partial charge in [0.1, 0.15) is 11.8 Å². The summed E-state index contributed by atoms with van der Waals surface area (Å²) in [6.07, 6.45) is 1.15. The molecule has 2 rings (SSSR count). The van der Waals surface area contributed by atoms with Crippen molar-refractivity contribution in [1.29, 1.82) is 0 Å². The predicted molar refractivity (Wildman–Crippen MR) is 144 cm³/mol. The molecule has 0 saturated heterocycles. The fourth-order valence-corrected chi connectivity index (χ4v) is 3.87. The van der Waals surface area contributed by atoms with Crippen LogP contribution in [0.3, 0.4) is 0 Å². The van der Waals surface area contributed by atoms with Crippen LogP contribution in [0.5, 0.6) is 5.75 Å². The van der Waals surface area contributed by atoms with Gasteiger partial charge < -0.3 is 15.0 Å². The molecule has 2 atom stereocenters. The number of ether oxygens (including phenoxy) is 1. The van der Waals surface area contributed by atoms with Gasteiger partial charge in [-0.15, -0.1) is 0 Å². The number of nitrogens with zero attached hydrogens (tertiary/aromatic N) is 2. The van der Waals surface area contributed by atoms with Crippen molar-refractivity contribution >= 4 is 46.9 Å². The maximum Gasteiger partial charge on any atom is 0.262 e. The molecule has 0 aliphatic rings. The van der Waals surface area contributed by atoms with Crippen LogP contribution in [-0.2, 0) is 9.59 Å². The largest absolute Gasteiger partial charge is 0.479 e. The van der Waals surface area contributed by atoms with E-state index >= 15 is 0 Å². The number of anilines is 1. The zero-order valence-electron chi connectivity index (χ0n) is 20.8. The Morgan fingerprint density at radius 3 is 2.26 bits per heavy atom. The smallest absolute Gasteiger partial charge is 0.262 e. The molecule has 0 heterocycles. The minimum atomic E-state index is -0.871. The first-order valence-corrected chi connectivity index (χ1v) is 12.5. The van der Waals surface area contributed by atoms with Gasteiger partial charge in [-0.25, -0.2) is 5.43 Å². The number of amides is 2. The van der Waals surface area contributed by atoms with E-state index in [0.717, 1.165) is 24.3 Å². The van der Waals surface area contributed by atoms with Crippen molar-refractivity contribution < 1.29 is 14.3 Å². The van der Waals surface area contributed by atoms with E-state index in [0.29, 0.717) is 22.2 Å². The number of nitrogens with one attached hydrogen (secondary N) is 2. The van der Waals surface area contributed by atoms with E-state index in [9.17, 15) is 9.59 Å². The van der Waals surface area contributed by atoms with Crippen LogP contribution in [0.2, 0.25) is 10.0 Å². The van der Waals surface area contributed by atoms with Crippen molar-refractivity contribution in [3.05, 3.63) is 58.1 Å². The Morgan fingerprint density at radius 2 is 1.69 bits per heavy atom. The summed E-state index contributed by atoms with van der Waals surface area (Å²) in [7, 11) is 0. The molecule has 7 nitrogen and oxygen atoms in total. The molecular weight excluding hydrogens is 487 g/mol. The summed E-state index contributed by atoms with van der Waals surface area (Å²) in [6, 6.07) is 11.9. The summed E-state index contributed by atoms with van der Waals surface area (Å²) < 4.78 is 5.66. The van der Waals surface area contributed by atoms with Gasteiger partial charge in [-0.3, -0.25) is 9.59 Å². The fourth-order valence-electron chi connectivity index (χ4n) is 3.42. The summed E-state index contributed by atoms with van der Waals surface area (Å²) in [4.78, 5) is 27.7. The van der Waals surface area contributed by atoms with Crippen LogP contribution in [0, 0.1) is 5.92 Å². The lowest BCUT2D eigenvalue weighted by atomic mass is 10.0. The minimum Gasteiger partial charge on any atom is -0.479 e. The number of hydrogen-bond donors (Lipinski definition) is 2. The molecule has 35 heavy (non-hydrogen) atoms. The van der Waals surface area contributed by atoms with Gasteiger partial charge in [-0.05, 0) is 69.0 Å². The van der Waals surface area contributed by atoms with Gasteiger partial charge in [-0.2, -0.15) is 5.10 Å². The Bertz CT molecular complexity index is 1010. The summed E-state index contributed by atoms with van der Waals surface area (Å²) in [5.41, 5.74) is 4.52.